The highest BCUT2D eigenvalue weighted by molar-refractivity contribution is 5.36. The Labute approximate surface area is 120 Å². The van der Waals surface area contributed by atoms with Crippen molar-refractivity contribution < 1.29 is 5.11 Å². The second-order valence-corrected chi connectivity index (χ2v) is 5.07. The Balaban J connectivity index is 2.24. The quantitative estimate of drug-likeness (QED) is 0.843. The fraction of sp³-hybridized carbons (Fsp3) is 0.500. The summed E-state index contributed by atoms with van der Waals surface area (Å²) in [5.74, 6) is 0. The van der Waals surface area contributed by atoms with E-state index in [1.165, 1.54) is 18.4 Å². The number of hydrogen-bond donors (Lipinski definition) is 1. The second kappa shape index (κ2) is 7.20. The van der Waals surface area contributed by atoms with Crippen LogP contribution in [0.4, 0.5) is 0 Å². The summed E-state index contributed by atoms with van der Waals surface area (Å²) in [6.07, 6.45) is 5.44. The van der Waals surface area contributed by atoms with E-state index >= 15 is 0 Å². The van der Waals surface area contributed by atoms with E-state index in [-0.39, 0.29) is 6.61 Å². The monoisotopic (exact) mass is 273 g/mol. The van der Waals surface area contributed by atoms with Crippen molar-refractivity contribution in [2.75, 3.05) is 0 Å². The number of aliphatic hydroxyl groups excluding tert-OH is 1. The molecule has 0 unspecified atom stereocenters. The van der Waals surface area contributed by atoms with Gasteiger partial charge in [0.2, 0.25) is 0 Å². The molecule has 2 rings (SSSR count). The van der Waals surface area contributed by atoms with Crippen LogP contribution in [0.5, 0.6) is 0 Å². The van der Waals surface area contributed by atoms with Gasteiger partial charge in [0, 0.05) is 0 Å². The lowest BCUT2D eigenvalue weighted by atomic mass is 10.1. The van der Waals surface area contributed by atoms with E-state index in [2.05, 4.69) is 48.4 Å². The second-order valence-electron chi connectivity index (χ2n) is 5.07. The molecule has 1 aromatic carbocycles. The van der Waals surface area contributed by atoms with Crippen LogP contribution in [0.1, 0.15) is 50.1 Å². The van der Waals surface area contributed by atoms with Gasteiger partial charge in [0.05, 0.1) is 18.0 Å². The van der Waals surface area contributed by atoms with Crippen LogP contribution in [0.15, 0.2) is 24.3 Å². The van der Waals surface area contributed by atoms with Gasteiger partial charge in [-0.05, 0) is 37.0 Å². The molecule has 1 N–H and O–H groups in total. The molecule has 0 aliphatic carbocycles. The maximum Gasteiger partial charge on any atom is 0.112 e. The lowest BCUT2D eigenvalue weighted by Gasteiger charge is -2.07. The van der Waals surface area contributed by atoms with Gasteiger partial charge in [-0.25, -0.2) is 4.68 Å². The number of nitrogens with zero attached hydrogens (tertiary/aromatic N) is 3. The number of benzene rings is 1. The minimum Gasteiger partial charge on any atom is -0.390 e. The molecule has 1 aromatic heterocycles. The van der Waals surface area contributed by atoms with Crippen molar-refractivity contribution in [3.05, 3.63) is 41.2 Å². The summed E-state index contributed by atoms with van der Waals surface area (Å²) in [5, 5.41) is 17.6. The van der Waals surface area contributed by atoms with Crippen LogP contribution >= 0.6 is 0 Å². The average molecular weight is 273 g/mol. The fourth-order valence-corrected chi connectivity index (χ4v) is 2.33. The summed E-state index contributed by atoms with van der Waals surface area (Å²) in [7, 11) is 0. The van der Waals surface area contributed by atoms with Crippen molar-refractivity contribution in [3.63, 3.8) is 0 Å². The van der Waals surface area contributed by atoms with Crippen LogP contribution < -0.4 is 0 Å². The standard InChI is InChI=1S/C16H23N3O/c1-3-5-7-13-8-10-14(11-9-13)19-16(6-4-2)15(12-20)17-18-19/h8-11,20H,3-7,12H2,1-2H3. The Morgan fingerprint density at radius 1 is 1.05 bits per heavy atom. The fourth-order valence-electron chi connectivity index (χ4n) is 2.33. The van der Waals surface area contributed by atoms with Crippen molar-refractivity contribution >= 4 is 0 Å². The Morgan fingerprint density at radius 2 is 1.80 bits per heavy atom. The predicted octanol–water partition coefficient (Wildman–Crippen LogP) is 3.05. The van der Waals surface area contributed by atoms with E-state index in [0.717, 1.165) is 30.6 Å². The van der Waals surface area contributed by atoms with E-state index in [1.54, 1.807) is 0 Å². The Bertz CT molecular complexity index is 531. The molecule has 0 aliphatic rings. The first kappa shape index (κ1) is 14.7. The van der Waals surface area contributed by atoms with E-state index in [1.807, 2.05) is 4.68 Å². The number of aryl methyl sites for hydroxylation is 1. The highest BCUT2D eigenvalue weighted by Gasteiger charge is 2.12. The molecule has 108 valence electrons. The van der Waals surface area contributed by atoms with Gasteiger partial charge in [-0.3, -0.25) is 0 Å². The number of aromatic nitrogens is 3. The molecule has 4 nitrogen and oxygen atoms in total. The largest absolute Gasteiger partial charge is 0.390 e. The van der Waals surface area contributed by atoms with E-state index in [0.29, 0.717) is 5.69 Å². The molecule has 0 saturated carbocycles. The third-order valence-electron chi connectivity index (χ3n) is 3.48. The van der Waals surface area contributed by atoms with Gasteiger partial charge < -0.3 is 5.11 Å². The van der Waals surface area contributed by atoms with Gasteiger partial charge in [-0.2, -0.15) is 0 Å². The predicted molar refractivity (Wildman–Crippen MR) is 79.9 cm³/mol. The normalized spacial score (nSPS) is 10.9. The summed E-state index contributed by atoms with van der Waals surface area (Å²) in [6.45, 7) is 4.27. The van der Waals surface area contributed by atoms with Gasteiger partial charge in [-0.15, -0.1) is 5.10 Å². The number of rotatable bonds is 7. The molecule has 1 heterocycles. The Hall–Kier alpha value is -1.68. The van der Waals surface area contributed by atoms with Crippen LogP contribution in [0.25, 0.3) is 5.69 Å². The summed E-state index contributed by atoms with van der Waals surface area (Å²) in [4.78, 5) is 0. The van der Waals surface area contributed by atoms with Gasteiger partial charge in [0.1, 0.15) is 5.69 Å². The Morgan fingerprint density at radius 3 is 2.40 bits per heavy atom. The van der Waals surface area contributed by atoms with E-state index < -0.39 is 0 Å². The zero-order chi connectivity index (χ0) is 14.4. The van der Waals surface area contributed by atoms with Crippen LogP contribution in [0.2, 0.25) is 0 Å². The number of aliphatic hydroxyl groups is 1. The smallest absolute Gasteiger partial charge is 0.112 e. The molecule has 0 amide bonds. The minimum atomic E-state index is -0.0517. The summed E-state index contributed by atoms with van der Waals surface area (Å²) >= 11 is 0. The molecule has 0 radical (unpaired) electrons. The third kappa shape index (κ3) is 3.25. The topological polar surface area (TPSA) is 50.9 Å². The van der Waals surface area contributed by atoms with Crippen LogP contribution in [-0.4, -0.2) is 20.1 Å². The van der Waals surface area contributed by atoms with E-state index in [9.17, 15) is 5.11 Å². The van der Waals surface area contributed by atoms with Crippen LogP contribution in [0, 0.1) is 0 Å². The summed E-state index contributed by atoms with van der Waals surface area (Å²) in [5.41, 5.74) is 4.06. The van der Waals surface area contributed by atoms with Crippen molar-refractivity contribution in [2.45, 2.75) is 52.6 Å². The number of unbranched alkanes of at least 4 members (excludes halogenated alkanes) is 1. The first-order chi connectivity index (χ1) is 9.80. The summed E-state index contributed by atoms with van der Waals surface area (Å²) in [6, 6.07) is 8.47. The lowest BCUT2D eigenvalue weighted by Crippen LogP contribution is -2.04. The maximum absolute atomic E-state index is 9.33. The molecule has 20 heavy (non-hydrogen) atoms. The van der Waals surface area contributed by atoms with Crippen molar-refractivity contribution in [1.29, 1.82) is 0 Å². The number of hydrogen-bond acceptors (Lipinski definition) is 3. The van der Waals surface area contributed by atoms with Gasteiger partial charge in [0.15, 0.2) is 0 Å². The first-order valence-electron chi connectivity index (χ1n) is 7.43. The van der Waals surface area contributed by atoms with Crippen molar-refractivity contribution in [3.8, 4) is 5.69 Å². The highest BCUT2D eigenvalue weighted by atomic mass is 16.3. The molecule has 0 aliphatic heterocycles. The van der Waals surface area contributed by atoms with Gasteiger partial charge in [-0.1, -0.05) is 44.0 Å². The average Bonchev–Trinajstić information content (AvgIpc) is 2.89. The molecule has 4 heteroatoms. The minimum absolute atomic E-state index is 0.0517. The zero-order valence-corrected chi connectivity index (χ0v) is 12.3. The third-order valence-corrected chi connectivity index (χ3v) is 3.48. The van der Waals surface area contributed by atoms with E-state index in [4.69, 9.17) is 0 Å². The maximum atomic E-state index is 9.33. The molecule has 0 spiro atoms. The first-order valence-corrected chi connectivity index (χ1v) is 7.43. The molecule has 0 saturated heterocycles. The zero-order valence-electron chi connectivity index (χ0n) is 12.3. The highest BCUT2D eigenvalue weighted by Crippen LogP contribution is 2.16. The summed E-state index contributed by atoms with van der Waals surface area (Å²) < 4.78 is 1.85. The van der Waals surface area contributed by atoms with Crippen molar-refractivity contribution in [2.24, 2.45) is 0 Å². The molecule has 0 bridgehead atoms. The van der Waals surface area contributed by atoms with Crippen LogP contribution in [-0.2, 0) is 19.4 Å². The molecular formula is C16H23N3O. The SMILES string of the molecule is CCCCc1ccc(-n2nnc(CO)c2CCC)cc1. The molecule has 2 aromatic rings. The Kier molecular flexibility index (Phi) is 5.30. The van der Waals surface area contributed by atoms with Gasteiger partial charge in [0.25, 0.3) is 0 Å². The molecular weight excluding hydrogens is 250 g/mol. The van der Waals surface area contributed by atoms with Crippen LogP contribution in [0.3, 0.4) is 0 Å². The van der Waals surface area contributed by atoms with Crippen molar-refractivity contribution in [1.82, 2.24) is 15.0 Å². The van der Waals surface area contributed by atoms with Gasteiger partial charge >= 0.3 is 0 Å². The lowest BCUT2D eigenvalue weighted by molar-refractivity contribution is 0.275. The molecule has 0 atom stereocenters. The molecule has 0 fully saturated rings.